The molecule has 0 aliphatic carbocycles. The van der Waals surface area contributed by atoms with Crippen molar-refractivity contribution in [2.24, 2.45) is 0 Å². The van der Waals surface area contributed by atoms with Crippen molar-refractivity contribution in [3.05, 3.63) is 28.2 Å². The molecule has 12 heteroatoms. The van der Waals surface area contributed by atoms with Crippen LogP contribution in [0, 0.1) is 6.92 Å². The number of fused-ring (bicyclic) bond motifs is 2. The van der Waals surface area contributed by atoms with Crippen molar-refractivity contribution < 1.29 is 32.5 Å². The summed E-state index contributed by atoms with van der Waals surface area (Å²) in [5.74, 6) is 0.0161. The first-order valence-electron chi connectivity index (χ1n) is 8.37. The van der Waals surface area contributed by atoms with Gasteiger partial charge in [-0.2, -0.15) is 13.2 Å². The fourth-order valence-corrected chi connectivity index (χ4v) is 4.56. The molecule has 0 bridgehead atoms. The molecule has 3 heterocycles. The van der Waals surface area contributed by atoms with Crippen LogP contribution in [0.5, 0.6) is 11.5 Å². The molecule has 0 fully saturated rings. The van der Waals surface area contributed by atoms with Gasteiger partial charge >= 0.3 is 6.18 Å². The molecule has 2 N–H and O–H groups in total. The van der Waals surface area contributed by atoms with Crippen LogP contribution in [-0.4, -0.2) is 40.4 Å². The van der Waals surface area contributed by atoms with E-state index in [-0.39, 0.29) is 5.13 Å². The number of aliphatic hydroxyl groups is 1. The number of alkyl halides is 3. The second-order valence-corrected chi connectivity index (χ2v) is 8.25. The van der Waals surface area contributed by atoms with Gasteiger partial charge in [-0.3, -0.25) is 4.79 Å². The van der Waals surface area contributed by atoms with Crippen molar-refractivity contribution in [1.82, 2.24) is 9.97 Å². The van der Waals surface area contributed by atoms with Crippen LogP contribution in [0.15, 0.2) is 17.5 Å². The average molecular weight is 445 g/mol. The minimum atomic E-state index is -5.07. The summed E-state index contributed by atoms with van der Waals surface area (Å²) in [4.78, 5) is 20.2. The SMILES string of the molecule is Cc1csc(C(O)(CC(=O)Nc2nc3cc4c(cc3s2)OCCO4)C(F)(F)F)n1. The lowest BCUT2D eigenvalue weighted by atomic mass is 9.99. The maximum absolute atomic E-state index is 13.5. The third kappa shape index (κ3) is 3.74. The Morgan fingerprint density at radius 2 is 1.93 bits per heavy atom. The number of anilines is 1. The first-order chi connectivity index (χ1) is 13.7. The predicted molar refractivity (Wildman–Crippen MR) is 101 cm³/mol. The predicted octanol–water partition coefficient (Wildman–Crippen LogP) is 3.61. The maximum atomic E-state index is 13.5. The van der Waals surface area contributed by atoms with E-state index in [4.69, 9.17) is 9.47 Å². The average Bonchev–Trinajstić information content (AvgIpc) is 3.23. The summed E-state index contributed by atoms with van der Waals surface area (Å²) in [6.45, 7) is 2.32. The minimum absolute atomic E-state index is 0.104. The van der Waals surface area contributed by atoms with Crippen molar-refractivity contribution >= 4 is 43.9 Å². The van der Waals surface area contributed by atoms with Gasteiger partial charge in [0.2, 0.25) is 11.5 Å². The van der Waals surface area contributed by atoms with Crippen LogP contribution in [0.1, 0.15) is 17.1 Å². The van der Waals surface area contributed by atoms with Crippen LogP contribution in [0.3, 0.4) is 0 Å². The number of nitrogens with one attached hydrogen (secondary N) is 1. The molecular weight excluding hydrogens is 431 g/mol. The third-order valence-corrected chi connectivity index (χ3v) is 6.20. The molecule has 2 aromatic heterocycles. The highest BCUT2D eigenvalue weighted by Crippen LogP contribution is 2.43. The maximum Gasteiger partial charge on any atom is 0.424 e. The number of ether oxygens (including phenoxy) is 2. The number of hydrogen-bond donors (Lipinski definition) is 2. The van der Waals surface area contributed by atoms with E-state index in [1.54, 1.807) is 12.1 Å². The summed E-state index contributed by atoms with van der Waals surface area (Å²) in [7, 11) is 0. The quantitative estimate of drug-likeness (QED) is 0.637. The van der Waals surface area contributed by atoms with Crippen molar-refractivity contribution in [3.63, 3.8) is 0 Å². The molecule has 1 aliphatic heterocycles. The van der Waals surface area contributed by atoms with E-state index in [2.05, 4.69) is 15.3 Å². The number of hydrogen-bond acceptors (Lipinski definition) is 8. The van der Waals surface area contributed by atoms with Crippen molar-refractivity contribution in [1.29, 1.82) is 0 Å². The van der Waals surface area contributed by atoms with E-state index in [1.807, 2.05) is 0 Å². The number of aryl methyl sites for hydroxylation is 1. The first-order valence-corrected chi connectivity index (χ1v) is 10.1. The second kappa shape index (κ2) is 7.11. The zero-order chi connectivity index (χ0) is 20.8. The van der Waals surface area contributed by atoms with Crippen LogP contribution in [0.4, 0.5) is 18.3 Å². The van der Waals surface area contributed by atoms with Crippen LogP contribution < -0.4 is 14.8 Å². The van der Waals surface area contributed by atoms with E-state index in [9.17, 15) is 23.1 Å². The lowest BCUT2D eigenvalue weighted by Gasteiger charge is -2.27. The number of thiazole rings is 2. The van der Waals surface area contributed by atoms with Crippen LogP contribution in [-0.2, 0) is 10.4 Å². The Morgan fingerprint density at radius 3 is 2.55 bits per heavy atom. The molecule has 29 heavy (non-hydrogen) atoms. The summed E-state index contributed by atoms with van der Waals surface area (Å²) in [6, 6.07) is 3.34. The number of rotatable bonds is 4. The van der Waals surface area contributed by atoms with Gasteiger partial charge in [-0.15, -0.1) is 11.3 Å². The molecule has 4 rings (SSSR count). The second-order valence-electron chi connectivity index (χ2n) is 6.36. The van der Waals surface area contributed by atoms with Gasteiger partial charge in [-0.05, 0) is 6.92 Å². The molecule has 0 radical (unpaired) electrons. The number of carbonyl (C=O) groups is 1. The molecule has 3 aromatic rings. The standard InChI is InChI=1S/C17H14F3N3O4S2/c1-8-7-28-14(21-8)16(25,17(18,19)20)6-13(24)23-15-22-9-4-10-11(5-12(9)29-15)27-3-2-26-10/h4-5,7,25H,2-3,6H2,1H3,(H,22,23,24). The lowest BCUT2D eigenvalue weighted by molar-refractivity contribution is -0.266. The molecule has 1 aliphatic rings. The zero-order valence-corrected chi connectivity index (χ0v) is 16.5. The summed E-state index contributed by atoms with van der Waals surface area (Å²) in [5.41, 5.74) is -2.54. The molecule has 0 saturated carbocycles. The summed E-state index contributed by atoms with van der Waals surface area (Å²) in [6.07, 6.45) is -6.31. The van der Waals surface area contributed by atoms with E-state index >= 15 is 0 Å². The van der Waals surface area contributed by atoms with Gasteiger partial charge in [-0.25, -0.2) is 9.97 Å². The van der Waals surface area contributed by atoms with Gasteiger partial charge in [0.05, 0.1) is 16.6 Å². The highest BCUT2D eigenvalue weighted by atomic mass is 32.1. The van der Waals surface area contributed by atoms with E-state index < -0.39 is 29.1 Å². The summed E-state index contributed by atoms with van der Waals surface area (Å²) in [5, 5.41) is 13.5. The number of benzene rings is 1. The Bertz CT molecular complexity index is 1040. The molecule has 154 valence electrons. The van der Waals surface area contributed by atoms with Crippen molar-refractivity contribution in [3.8, 4) is 11.5 Å². The van der Waals surface area contributed by atoms with Gasteiger partial charge < -0.3 is 19.9 Å². The highest BCUT2D eigenvalue weighted by molar-refractivity contribution is 7.22. The molecule has 7 nitrogen and oxygen atoms in total. The lowest BCUT2D eigenvalue weighted by Crippen LogP contribution is -2.45. The monoisotopic (exact) mass is 445 g/mol. The number of halogens is 3. The molecule has 1 atom stereocenters. The van der Waals surface area contributed by atoms with E-state index in [0.717, 1.165) is 11.3 Å². The first kappa shape index (κ1) is 19.9. The Morgan fingerprint density at radius 1 is 1.24 bits per heavy atom. The van der Waals surface area contributed by atoms with Crippen LogP contribution in [0.2, 0.25) is 0 Å². The van der Waals surface area contributed by atoms with Crippen molar-refractivity contribution in [2.45, 2.75) is 25.1 Å². The van der Waals surface area contributed by atoms with Gasteiger partial charge in [0, 0.05) is 23.2 Å². The largest absolute Gasteiger partial charge is 0.486 e. The number of aromatic nitrogens is 2. The smallest absolute Gasteiger partial charge is 0.424 e. The molecule has 1 amide bonds. The highest BCUT2D eigenvalue weighted by Gasteiger charge is 2.58. The molecule has 1 unspecified atom stereocenters. The topological polar surface area (TPSA) is 93.6 Å². The zero-order valence-electron chi connectivity index (χ0n) is 14.9. The Balaban J connectivity index is 1.56. The normalized spacial score (nSPS) is 15.9. The van der Waals surface area contributed by atoms with E-state index in [0.29, 0.717) is 52.0 Å². The third-order valence-electron chi connectivity index (χ3n) is 4.16. The Hall–Kier alpha value is -2.44. The fourth-order valence-electron chi connectivity index (χ4n) is 2.76. The molecular formula is C17H14F3N3O4S2. The van der Waals surface area contributed by atoms with Gasteiger partial charge in [0.1, 0.15) is 18.2 Å². The fraction of sp³-hybridized carbons (Fsp3) is 0.353. The van der Waals surface area contributed by atoms with E-state index in [1.165, 1.54) is 12.3 Å². The Kier molecular flexibility index (Phi) is 4.87. The summed E-state index contributed by atoms with van der Waals surface area (Å²) >= 11 is 1.72. The van der Waals surface area contributed by atoms with Crippen LogP contribution >= 0.6 is 22.7 Å². The van der Waals surface area contributed by atoms with Crippen LogP contribution in [0.25, 0.3) is 10.2 Å². The molecule has 0 spiro atoms. The number of amides is 1. The Labute approximate surface area is 170 Å². The number of carbonyl (C=O) groups excluding carboxylic acids is 1. The van der Waals surface area contributed by atoms with Crippen molar-refractivity contribution in [2.75, 3.05) is 18.5 Å². The van der Waals surface area contributed by atoms with Gasteiger partial charge in [0.25, 0.3) is 0 Å². The summed E-state index contributed by atoms with van der Waals surface area (Å²) < 4.78 is 52.2. The minimum Gasteiger partial charge on any atom is -0.486 e. The molecule has 0 saturated heterocycles. The van der Waals surface area contributed by atoms with Gasteiger partial charge in [0.15, 0.2) is 16.6 Å². The number of nitrogens with zero attached hydrogens (tertiary/aromatic N) is 2. The molecule has 1 aromatic carbocycles. The van der Waals surface area contributed by atoms with Gasteiger partial charge in [-0.1, -0.05) is 11.3 Å².